The number of H-pyrrole nitrogens is 1. The highest BCUT2D eigenvalue weighted by Crippen LogP contribution is 2.34. The summed E-state index contributed by atoms with van der Waals surface area (Å²) in [6.45, 7) is 1.96. The molecular formula is C19H15N5O3S. The van der Waals surface area contributed by atoms with Gasteiger partial charge in [0.2, 0.25) is 0 Å². The number of fused-ring (bicyclic) bond motifs is 2. The number of nitrogens with zero attached hydrogens (tertiary/aromatic N) is 3. The largest absolute Gasteiger partial charge is 0.330 e. The Kier molecular flexibility index (Phi) is 3.66. The summed E-state index contributed by atoms with van der Waals surface area (Å²) < 4.78 is 2.48. The molecule has 5 rings (SSSR count). The van der Waals surface area contributed by atoms with Crippen LogP contribution >= 0.6 is 11.3 Å². The molecule has 3 aromatic heterocycles. The molecule has 1 aliphatic carbocycles. The molecule has 140 valence electrons. The molecule has 28 heavy (non-hydrogen) atoms. The van der Waals surface area contributed by atoms with Crippen LogP contribution in [0.15, 0.2) is 40.1 Å². The summed E-state index contributed by atoms with van der Waals surface area (Å²) in [5, 5.41) is 3.47. The Morgan fingerprint density at radius 1 is 1.32 bits per heavy atom. The fourth-order valence-corrected chi connectivity index (χ4v) is 4.18. The lowest BCUT2D eigenvalue weighted by molar-refractivity contribution is 0.102. The predicted molar refractivity (Wildman–Crippen MR) is 107 cm³/mol. The first-order valence-corrected chi connectivity index (χ1v) is 9.65. The van der Waals surface area contributed by atoms with Crippen molar-refractivity contribution in [2.24, 2.45) is 0 Å². The third-order valence-corrected chi connectivity index (χ3v) is 5.73. The summed E-state index contributed by atoms with van der Waals surface area (Å²) in [4.78, 5) is 48.0. The summed E-state index contributed by atoms with van der Waals surface area (Å²) in [7, 11) is 0. The predicted octanol–water partition coefficient (Wildman–Crippen LogP) is 2.59. The zero-order valence-electron chi connectivity index (χ0n) is 14.9. The van der Waals surface area contributed by atoms with Gasteiger partial charge in [-0.3, -0.25) is 24.5 Å². The van der Waals surface area contributed by atoms with Crippen molar-refractivity contribution >= 4 is 43.6 Å². The Morgan fingerprint density at radius 3 is 2.89 bits per heavy atom. The van der Waals surface area contributed by atoms with Crippen LogP contribution in [-0.4, -0.2) is 25.4 Å². The fraction of sp³-hybridized carbons (Fsp3) is 0.211. The number of nitrogens with one attached hydrogen (secondary N) is 2. The highest BCUT2D eigenvalue weighted by molar-refractivity contribution is 7.22. The topological polar surface area (TPSA) is 110 Å². The Labute approximate surface area is 161 Å². The number of carbonyl (C=O) groups excluding carboxylic acids is 1. The molecule has 1 fully saturated rings. The number of para-hydroxylation sites is 1. The van der Waals surface area contributed by atoms with E-state index in [9.17, 15) is 14.4 Å². The monoisotopic (exact) mass is 393 g/mol. The number of thiazole rings is 1. The molecule has 1 aliphatic rings. The van der Waals surface area contributed by atoms with Crippen molar-refractivity contribution in [2.45, 2.75) is 25.8 Å². The van der Waals surface area contributed by atoms with Gasteiger partial charge in [0.05, 0.1) is 21.2 Å². The Balaban J connectivity index is 1.53. The number of hydrogen-bond donors (Lipinski definition) is 2. The quantitative estimate of drug-likeness (QED) is 0.556. The van der Waals surface area contributed by atoms with Crippen LogP contribution in [0.1, 0.15) is 34.8 Å². The number of hydrogen-bond acceptors (Lipinski definition) is 6. The Morgan fingerprint density at radius 2 is 2.14 bits per heavy atom. The molecule has 0 unspecified atom stereocenters. The summed E-state index contributed by atoms with van der Waals surface area (Å²) in [6, 6.07) is 7.38. The van der Waals surface area contributed by atoms with E-state index in [4.69, 9.17) is 0 Å². The van der Waals surface area contributed by atoms with Gasteiger partial charge in [0, 0.05) is 12.2 Å². The first kappa shape index (κ1) is 16.8. The second kappa shape index (κ2) is 6.10. The first-order valence-electron chi connectivity index (χ1n) is 8.83. The maximum absolute atomic E-state index is 12.7. The van der Waals surface area contributed by atoms with Crippen LogP contribution < -0.4 is 16.6 Å². The fourth-order valence-electron chi connectivity index (χ4n) is 3.24. The van der Waals surface area contributed by atoms with E-state index < -0.39 is 17.2 Å². The van der Waals surface area contributed by atoms with Crippen LogP contribution in [0.2, 0.25) is 0 Å². The number of carbonyl (C=O) groups is 1. The van der Waals surface area contributed by atoms with E-state index in [1.165, 1.54) is 28.2 Å². The standard InChI is InChI=1S/C19H15N5O3S/c1-9-3-2-4-13-14(9)21-18(28-13)22-16(25)10-7-12-15(20-8-10)24(11-5-6-11)19(27)23-17(12)26/h2-4,7-8,11H,5-6H2,1H3,(H,21,22,25)(H,23,26,27). The number of aryl methyl sites for hydroxylation is 1. The highest BCUT2D eigenvalue weighted by atomic mass is 32.1. The van der Waals surface area contributed by atoms with Crippen LogP contribution in [0.3, 0.4) is 0 Å². The highest BCUT2D eigenvalue weighted by Gasteiger charge is 2.27. The second-order valence-corrected chi connectivity index (χ2v) is 7.88. The van der Waals surface area contributed by atoms with Gasteiger partial charge in [0.25, 0.3) is 11.5 Å². The SMILES string of the molecule is Cc1cccc2sc(NC(=O)c3cnc4c(c3)c(=O)[nH]c(=O)n4C3CC3)nc12. The summed E-state index contributed by atoms with van der Waals surface area (Å²) >= 11 is 1.38. The average Bonchev–Trinajstić information content (AvgIpc) is 3.41. The van der Waals surface area contributed by atoms with Gasteiger partial charge < -0.3 is 0 Å². The minimum atomic E-state index is -0.547. The van der Waals surface area contributed by atoms with Gasteiger partial charge in [-0.1, -0.05) is 23.5 Å². The van der Waals surface area contributed by atoms with Crippen molar-refractivity contribution in [3.63, 3.8) is 0 Å². The Hall–Kier alpha value is -3.33. The minimum absolute atomic E-state index is 0.0602. The first-order chi connectivity index (χ1) is 13.5. The molecule has 0 bridgehead atoms. The maximum atomic E-state index is 12.7. The smallest absolute Gasteiger partial charge is 0.298 e. The third-order valence-electron chi connectivity index (χ3n) is 4.79. The van der Waals surface area contributed by atoms with E-state index in [1.54, 1.807) is 0 Å². The van der Waals surface area contributed by atoms with Crippen LogP contribution in [0.4, 0.5) is 5.13 Å². The molecule has 2 N–H and O–H groups in total. The number of aromatic nitrogens is 4. The van der Waals surface area contributed by atoms with Gasteiger partial charge in [0.1, 0.15) is 5.65 Å². The van der Waals surface area contributed by atoms with E-state index in [2.05, 4.69) is 20.3 Å². The van der Waals surface area contributed by atoms with E-state index in [-0.39, 0.29) is 17.0 Å². The number of rotatable bonds is 3. The molecule has 0 spiro atoms. The number of amides is 1. The van der Waals surface area contributed by atoms with Crippen LogP contribution in [0.25, 0.3) is 21.3 Å². The van der Waals surface area contributed by atoms with E-state index in [0.29, 0.717) is 10.8 Å². The van der Waals surface area contributed by atoms with Gasteiger partial charge in [-0.25, -0.2) is 14.8 Å². The number of benzene rings is 1. The van der Waals surface area contributed by atoms with Crippen molar-refractivity contribution < 1.29 is 4.79 Å². The maximum Gasteiger partial charge on any atom is 0.330 e. The molecule has 0 aliphatic heterocycles. The molecule has 1 saturated carbocycles. The third kappa shape index (κ3) is 2.71. The van der Waals surface area contributed by atoms with Crippen LogP contribution in [-0.2, 0) is 0 Å². The van der Waals surface area contributed by atoms with E-state index >= 15 is 0 Å². The molecule has 9 heteroatoms. The molecule has 0 radical (unpaired) electrons. The molecule has 1 amide bonds. The second-order valence-electron chi connectivity index (χ2n) is 6.85. The molecule has 3 heterocycles. The Bertz CT molecular complexity index is 1380. The van der Waals surface area contributed by atoms with Crippen molar-refractivity contribution in [1.82, 2.24) is 19.5 Å². The van der Waals surface area contributed by atoms with Crippen molar-refractivity contribution in [3.8, 4) is 0 Å². The molecule has 0 saturated heterocycles. The van der Waals surface area contributed by atoms with Gasteiger partial charge >= 0.3 is 5.69 Å². The minimum Gasteiger partial charge on any atom is -0.298 e. The molecule has 4 aromatic rings. The van der Waals surface area contributed by atoms with Gasteiger partial charge in [0.15, 0.2) is 5.13 Å². The van der Waals surface area contributed by atoms with Gasteiger partial charge in [-0.05, 0) is 37.5 Å². The lowest BCUT2D eigenvalue weighted by atomic mass is 10.2. The van der Waals surface area contributed by atoms with Crippen LogP contribution in [0.5, 0.6) is 0 Å². The van der Waals surface area contributed by atoms with E-state index in [0.717, 1.165) is 28.6 Å². The summed E-state index contributed by atoms with van der Waals surface area (Å²) in [6.07, 6.45) is 3.14. The lowest BCUT2D eigenvalue weighted by Crippen LogP contribution is -2.30. The van der Waals surface area contributed by atoms with E-state index in [1.807, 2.05) is 25.1 Å². The normalized spacial score (nSPS) is 13.9. The van der Waals surface area contributed by atoms with Crippen molar-refractivity contribution in [3.05, 3.63) is 62.4 Å². The van der Waals surface area contributed by atoms with Gasteiger partial charge in [-0.15, -0.1) is 0 Å². The molecular weight excluding hydrogens is 378 g/mol. The zero-order chi connectivity index (χ0) is 19.4. The lowest BCUT2D eigenvalue weighted by Gasteiger charge is -2.08. The van der Waals surface area contributed by atoms with Crippen molar-refractivity contribution in [2.75, 3.05) is 5.32 Å². The van der Waals surface area contributed by atoms with Gasteiger partial charge in [-0.2, -0.15) is 0 Å². The number of aromatic amines is 1. The zero-order valence-corrected chi connectivity index (χ0v) is 15.7. The molecule has 8 nitrogen and oxygen atoms in total. The number of anilines is 1. The van der Waals surface area contributed by atoms with Crippen LogP contribution in [0, 0.1) is 6.92 Å². The average molecular weight is 393 g/mol. The summed E-state index contributed by atoms with van der Waals surface area (Å²) in [5.41, 5.74) is 1.41. The number of pyridine rings is 1. The molecule has 0 atom stereocenters. The summed E-state index contributed by atoms with van der Waals surface area (Å²) in [5.74, 6) is -0.408. The molecule has 1 aromatic carbocycles. The van der Waals surface area contributed by atoms with Crippen molar-refractivity contribution in [1.29, 1.82) is 0 Å².